The molecule has 280 valence electrons. The number of hydrogen-bond acceptors (Lipinski definition) is 10. The number of nitrogens with one attached hydrogen (secondary N) is 2. The van der Waals surface area contributed by atoms with Crippen LogP contribution >= 0.6 is 0 Å². The first-order valence-corrected chi connectivity index (χ1v) is 17.6. The lowest BCUT2D eigenvalue weighted by atomic mass is 9.75. The van der Waals surface area contributed by atoms with Crippen LogP contribution in [0.2, 0.25) is 0 Å². The van der Waals surface area contributed by atoms with Crippen LogP contribution in [0.3, 0.4) is 0 Å². The Morgan fingerprint density at radius 3 is 1.85 bits per heavy atom. The highest BCUT2D eigenvalue weighted by Crippen LogP contribution is 2.45. The van der Waals surface area contributed by atoms with Crippen molar-refractivity contribution in [2.24, 2.45) is 0 Å². The molecule has 5 rings (SSSR count). The van der Waals surface area contributed by atoms with Crippen LogP contribution in [0, 0.1) is 13.8 Å². The van der Waals surface area contributed by atoms with Gasteiger partial charge in [-0.25, -0.2) is 4.98 Å². The monoisotopic (exact) mass is 724 g/mol. The maximum atomic E-state index is 13.0. The summed E-state index contributed by atoms with van der Waals surface area (Å²) < 4.78 is 20.2. The topological polar surface area (TPSA) is 163 Å². The van der Waals surface area contributed by atoms with Crippen molar-refractivity contribution in [2.75, 3.05) is 28.4 Å². The summed E-state index contributed by atoms with van der Waals surface area (Å²) >= 11 is 0. The van der Waals surface area contributed by atoms with Gasteiger partial charge in [0.1, 0.15) is 0 Å². The number of aryl methyl sites for hydroxylation is 3. The normalized spacial score (nSPS) is 14.8. The molecule has 0 saturated carbocycles. The molecule has 0 fully saturated rings. The Hall–Kier alpha value is -5.52. The van der Waals surface area contributed by atoms with Gasteiger partial charge in [-0.2, -0.15) is 0 Å². The maximum Gasteiger partial charge on any atom is 0.310 e. The number of aromatic nitrogens is 4. The van der Waals surface area contributed by atoms with Crippen molar-refractivity contribution in [2.45, 2.75) is 84.0 Å². The van der Waals surface area contributed by atoms with E-state index in [1.807, 2.05) is 38.1 Å². The number of ether oxygens (including phenoxy) is 4. The van der Waals surface area contributed by atoms with E-state index in [2.05, 4.69) is 36.5 Å². The Morgan fingerprint density at radius 1 is 0.698 bits per heavy atom. The van der Waals surface area contributed by atoms with E-state index in [0.717, 1.165) is 33.5 Å². The number of allylic oxidation sites excluding steroid dienone is 2. The zero-order valence-corrected chi connectivity index (χ0v) is 31.8. The van der Waals surface area contributed by atoms with Gasteiger partial charge in [0.15, 0.2) is 0 Å². The molecule has 0 amide bonds. The molecule has 0 spiro atoms. The number of rotatable bonds is 12. The second kappa shape index (κ2) is 16.0. The molecule has 3 aromatic heterocycles. The zero-order chi connectivity index (χ0) is 38.6. The Labute approximate surface area is 309 Å². The molecular weight excluding hydrogens is 676 g/mol. The lowest BCUT2D eigenvalue weighted by Gasteiger charge is -2.26. The van der Waals surface area contributed by atoms with Gasteiger partial charge in [0, 0.05) is 57.6 Å². The Balaban J connectivity index is 1.99. The van der Waals surface area contributed by atoms with Crippen molar-refractivity contribution in [3.63, 3.8) is 0 Å². The third kappa shape index (κ3) is 7.96. The number of esters is 4. The number of methoxy groups -OCH3 is 4. The number of nitrogens with zero attached hydrogens (tertiary/aromatic N) is 2. The van der Waals surface area contributed by atoms with Gasteiger partial charge in [0.05, 0.1) is 52.7 Å². The maximum absolute atomic E-state index is 13.0. The summed E-state index contributed by atoms with van der Waals surface area (Å²) in [5.74, 6) is -1.78. The highest BCUT2D eigenvalue weighted by atomic mass is 16.5. The number of carbonyl (C=O) groups is 4. The lowest BCUT2D eigenvalue weighted by molar-refractivity contribution is -0.141. The van der Waals surface area contributed by atoms with Gasteiger partial charge in [-0.1, -0.05) is 19.9 Å². The number of hydrogen-bond donors (Lipinski definition) is 2. The van der Waals surface area contributed by atoms with Gasteiger partial charge in [-0.3, -0.25) is 24.2 Å². The first-order valence-electron chi connectivity index (χ1n) is 17.6. The SMILES string of the molecule is C=CCC1c2cc3[nH]c(cc4nc(cc5[nH]c(cc(n2)C1(C)C)c(C)c5C)C(CC(=O)OC)=C4CCC(=O)OC)c(CCC(=O)OC)c3CC(=O)OC. The van der Waals surface area contributed by atoms with Crippen LogP contribution in [0.5, 0.6) is 0 Å². The summed E-state index contributed by atoms with van der Waals surface area (Å²) in [6, 6.07) is 7.80. The fraction of sp³-hybridized carbons (Fsp3) is 0.415. The third-order valence-corrected chi connectivity index (χ3v) is 10.5. The molecule has 53 heavy (non-hydrogen) atoms. The van der Waals surface area contributed by atoms with E-state index in [1.165, 1.54) is 28.4 Å². The van der Waals surface area contributed by atoms with E-state index in [-0.39, 0.29) is 49.9 Å². The van der Waals surface area contributed by atoms with Crippen LogP contribution in [0.4, 0.5) is 0 Å². The van der Waals surface area contributed by atoms with Gasteiger partial charge >= 0.3 is 23.9 Å². The van der Waals surface area contributed by atoms with E-state index < -0.39 is 23.9 Å². The van der Waals surface area contributed by atoms with Crippen LogP contribution < -0.4 is 0 Å². The number of H-pyrrole nitrogens is 2. The van der Waals surface area contributed by atoms with Gasteiger partial charge in [0.25, 0.3) is 0 Å². The molecule has 2 N–H and O–H groups in total. The summed E-state index contributed by atoms with van der Waals surface area (Å²) in [5, 5.41) is 0. The van der Waals surface area contributed by atoms with Crippen molar-refractivity contribution in [3.05, 3.63) is 81.9 Å². The fourth-order valence-electron chi connectivity index (χ4n) is 7.16. The minimum absolute atomic E-state index is 0.0331. The molecule has 1 unspecified atom stereocenters. The van der Waals surface area contributed by atoms with Crippen LogP contribution in [0.15, 0.2) is 36.9 Å². The molecule has 12 nitrogen and oxygen atoms in total. The highest BCUT2D eigenvalue weighted by Gasteiger charge is 2.39. The molecule has 12 heteroatoms. The quantitative estimate of drug-likeness (QED) is 0.115. The molecule has 0 aromatic carbocycles. The highest BCUT2D eigenvalue weighted by molar-refractivity contribution is 6.00. The van der Waals surface area contributed by atoms with E-state index in [0.29, 0.717) is 51.1 Å². The molecule has 2 aliphatic heterocycles. The second-order valence-corrected chi connectivity index (χ2v) is 13.9. The summed E-state index contributed by atoms with van der Waals surface area (Å²) in [6.45, 7) is 12.5. The van der Waals surface area contributed by atoms with Gasteiger partial charge in [0.2, 0.25) is 0 Å². The van der Waals surface area contributed by atoms with Crippen LogP contribution in [0.1, 0.15) is 96.9 Å². The van der Waals surface area contributed by atoms with Gasteiger partial charge in [-0.15, -0.1) is 6.58 Å². The first kappa shape index (κ1) is 38.7. The molecule has 1 atom stereocenters. The Kier molecular flexibility index (Phi) is 11.7. The predicted octanol–water partition coefficient (Wildman–Crippen LogP) is 6.82. The molecule has 2 aliphatic rings. The van der Waals surface area contributed by atoms with E-state index in [1.54, 1.807) is 0 Å². The van der Waals surface area contributed by atoms with Crippen LogP contribution in [0.25, 0.3) is 33.2 Å². The fourth-order valence-corrected chi connectivity index (χ4v) is 7.16. The number of fused-ring (bicyclic) bond motifs is 8. The minimum atomic E-state index is -0.463. The van der Waals surface area contributed by atoms with Crippen molar-refractivity contribution < 1.29 is 38.1 Å². The standard InChI is InChI=1S/C41H48N4O8/c1-10-11-28-35-20-34-27(17-40(49)53-9)25(13-15-38(47)51-7)32(44-34)19-31-24(12-14-37(46)50-6)26(16-39(48)52-8)33(43-31)18-29-22(2)23(3)30(42-29)21-36(45-35)41(28,4)5/h10,18-21,28,42,44H,1,11-17H2,2-9H3. The van der Waals surface area contributed by atoms with E-state index in [9.17, 15) is 19.2 Å². The Morgan fingerprint density at radius 2 is 1.23 bits per heavy atom. The molecule has 0 saturated heterocycles. The lowest BCUT2D eigenvalue weighted by Crippen LogP contribution is -2.21. The minimum Gasteiger partial charge on any atom is -0.469 e. The molecule has 0 aliphatic carbocycles. The predicted molar refractivity (Wildman–Crippen MR) is 202 cm³/mol. The van der Waals surface area contributed by atoms with Crippen molar-refractivity contribution >= 4 is 57.1 Å². The van der Waals surface area contributed by atoms with E-state index >= 15 is 0 Å². The molecule has 3 aromatic rings. The van der Waals surface area contributed by atoms with Gasteiger partial charge in [-0.05, 0) is 90.8 Å². The summed E-state index contributed by atoms with van der Waals surface area (Å²) in [4.78, 5) is 68.2. The van der Waals surface area contributed by atoms with Crippen LogP contribution in [-0.4, -0.2) is 72.3 Å². The molecule has 8 bridgehead atoms. The summed E-state index contributed by atoms with van der Waals surface area (Å²) in [6.07, 6.45) is 2.95. The van der Waals surface area contributed by atoms with Crippen molar-refractivity contribution in [1.82, 2.24) is 19.9 Å². The number of aromatic amines is 2. The summed E-state index contributed by atoms with van der Waals surface area (Å²) in [5.41, 5.74) is 9.98. The smallest absolute Gasteiger partial charge is 0.310 e. The van der Waals surface area contributed by atoms with Crippen molar-refractivity contribution in [3.8, 4) is 0 Å². The average molecular weight is 725 g/mol. The summed E-state index contributed by atoms with van der Waals surface area (Å²) in [7, 11) is 5.32. The molecular formula is C41H48N4O8. The Bertz CT molecular complexity index is 2170. The van der Waals surface area contributed by atoms with Gasteiger partial charge < -0.3 is 28.9 Å². The van der Waals surface area contributed by atoms with Crippen LogP contribution in [-0.2, 0) is 56.4 Å². The molecule has 0 radical (unpaired) electrons. The van der Waals surface area contributed by atoms with E-state index in [4.69, 9.17) is 28.9 Å². The van der Waals surface area contributed by atoms with Crippen molar-refractivity contribution in [1.29, 1.82) is 0 Å². The average Bonchev–Trinajstić information content (AvgIpc) is 3.78. The largest absolute Gasteiger partial charge is 0.469 e. The second-order valence-electron chi connectivity index (χ2n) is 13.9. The number of carbonyl (C=O) groups excluding carboxylic acids is 4. The first-order chi connectivity index (χ1) is 25.2. The zero-order valence-electron chi connectivity index (χ0n) is 31.8. The molecule has 5 heterocycles. The third-order valence-electron chi connectivity index (χ3n) is 10.5.